The van der Waals surface area contributed by atoms with Crippen molar-refractivity contribution in [2.45, 2.75) is 58.2 Å². The van der Waals surface area contributed by atoms with Crippen molar-refractivity contribution in [3.8, 4) is 0 Å². The number of amides is 1. The minimum atomic E-state index is 0. The molecule has 2 N–H and O–H groups in total. The molecule has 7 nitrogen and oxygen atoms in total. The number of aliphatic imine (C=N–C) groups is 1. The van der Waals surface area contributed by atoms with Gasteiger partial charge in [-0.2, -0.15) is 0 Å². The van der Waals surface area contributed by atoms with Crippen LogP contribution >= 0.6 is 24.0 Å². The molecule has 0 spiro atoms. The SMILES string of the molecule is CN=C(NCCNC(=O)C(C)C)N1CCC(OCC2CCCCO2)CC1.I. The van der Waals surface area contributed by atoms with E-state index in [-0.39, 0.29) is 41.9 Å². The predicted molar refractivity (Wildman–Crippen MR) is 119 cm³/mol. The summed E-state index contributed by atoms with van der Waals surface area (Å²) in [6.07, 6.45) is 6.20. The average Bonchev–Trinajstić information content (AvgIpc) is 2.67. The highest BCUT2D eigenvalue weighted by Crippen LogP contribution is 2.17. The lowest BCUT2D eigenvalue weighted by Crippen LogP contribution is -2.48. The van der Waals surface area contributed by atoms with E-state index >= 15 is 0 Å². The summed E-state index contributed by atoms with van der Waals surface area (Å²) in [6, 6.07) is 0. The molecule has 0 aliphatic carbocycles. The van der Waals surface area contributed by atoms with E-state index in [4.69, 9.17) is 9.47 Å². The first-order valence-electron chi connectivity index (χ1n) is 10.1. The summed E-state index contributed by atoms with van der Waals surface area (Å²) in [5.74, 6) is 1.01. The van der Waals surface area contributed by atoms with Gasteiger partial charge in [0.15, 0.2) is 5.96 Å². The zero-order valence-corrected chi connectivity index (χ0v) is 19.4. The number of halogens is 1. The Hall–Kier alpha value is -0.610. The number of likely N-dealkylation sites (tertiary alicyclic amines) is 1. The first-order chi connectivity index (χ1) is 12.6. The van der Waals surface area contributed by atoms with Gasteiger partial charge >= 0.3 is 0 Å². The molecule has 2 rings (SSSR count). The van der Waals surface area contributed by atoms with Crippen molar-refractivity contribution in [3.05, 3.63) is 0 Å². The molecule has 27 heavy (non-hydrogen) atoms. The van der Waals surface area contributed by atoms with Crippen molar-refractivity contribution < 1.29 is 14.3 Å². The molecule has 0 aromatic heterocycles. The molecular formula is C19H37IN4O3. The molecule has 0 bridgehead atoms. The highest BCUT2D eigenvalue weighted by Gasteiger charge is 2.23. The van der Waals surface area contributed by atoms with E-state index in [9.17, 15) is 4.79 Å². The summed E-state index contributed by atoms with van der Waals surface area (Å²) in [7, 11) is 1.80. The van der Waals surface area contributed by atoms with Crippen LogP contribution in [-0.4, -0.2) is 75.4 Å². The standard InChI is InChI=1S/C19H36N4O3.HI/c1-15(2)18(24)21-9-10-22-19(20-3)23-11-7-16(8-12-23)26-14-17-6-4-5-13-25-17;/h15-17H,4-14H2,1-3H3,(H,20,22)(H,21,24);1H. The number of ether oxygens (including phenoxy) is 2. The van der Waals surface area contributed by atoms with E-state index < -0.39 is 0 Å². The maximum absolute atomic E-state index is 11.6. The molecular weight excluding hydrogens is 459 g/mol. The lowest BCUT2D eigenvalue weighted by molar-refractivity contribution is -0.123. The van der Waals surface area contributed by atoms with Crippen molar-refractivity contribution in [1.29, 1.82) is 0 Å². The van der Waals surface area contributed by atoms with Crippen molar-refractivity contribution in [2.75, 3.05) is 46.4 Å². The van der Waals surface area contributed by atoms with Crippen LogP contribution in [0.3, 0.4) is 0 Å². The van der Waals surface area contributed by atoms with Crippen LogP contribution in [0.4, 0.5) is 0 Å². The van der Waals surface area contributed by atoms with E-state index in [1.54, 1.807) is 7.05 Å². The van der Waals surface area contributed by atoms with Crippen LogP contribution in [0.5, 0.6) is 0 Å². The van der Waals surface area contributed by atoms with Crippen LogP contribution in [0.25, 0.3) is 0 Å². The van der Waals surface area contributed by atoms with Gasteiger partial charge in [-0.05, 0) is 32.1 Å². The fourth-order valence-corrected chi connectivity index (χ4v) is 3.31. The van der Waals surface area contributed by atoms with E-state index in [0.717, 1.165) is 51.5 Å². The van der Waals surface area contributed by atoms with Gasteiger partial charge in [-0.3, -0.25) is 9.79 Å². The maximum Gasteiger partial charge on any atom is 0.222 e. The smallest absolute Gasteiger partial charge is 0.222 e. The monoisotopic (exact) mass is 496 g/mol. The lowest BCUT2D eigenvalue weighted by atomic mass is 10.1. The van der Waals surface area contributed by atoms with Crippen LogP contribution in [-0.2, 0) is 14.3 Å². The van der Waals surface area contributed by atoms with Crippen LogP contribution in [0.1, 0.15) is 46.0 Å². The molecule has 0 aromatic carbocycles. The summed E-state index contributed by atoms with van der Waals surface area (Å²) in [6.45, 7) is 8.57. The molecule has 0 saturated carbocycles. The Labute approximate surface area is 181 Å². The van der Waals surface area contributed by atoms with Crippen molar-refractivity contribution in [2.24, 2.45) is 10.9 Å². The van der Waals surface area contributed by atoms with Crippen LogP contribution in [0.2, 0.25) is 0 Å². The van der Waals surface area contributed by atoms with E-state index in [0.29, 0.717) is 19.2 Å². The molecule has 8 heteroatoms. The average molecular weight is 496 g/mol. The Balaban J connectivity index is 0.00000364. The fourth-order valence-electron chi connectivity index (χ4n) is 3.31. The quantitative estimate of drug-likeness (QED) is 0.244. The summed E-state index contributed by atoms with van der Waals surface area (Å²) in [5, 5.41) is 6.24. The van der Waals surface area contributed by atoms with Crippen LogP contribution in [0.15, 0.2) is 4.99 Å². The number of carbonyl (C=O) groups is 1. The molecule has 0 aromatic rings. The Morgan fingerprint density at radius 2 is 1.89 bits per heavy atom. The molecule has 1 amide bonds. The number of guanidine groups is 1. The third kappa shape index (κ3) is 8.95. The fraction of sp³-hybridized carbons (Fsp3) is 0.895. The number of hydrogen-bond acceptors (Lipinski definition) is 4. The molecule has 1 unspecified atom stereocenters. The second-order valence-electron chi connectivity index (χ2n) is 7.43. The Kier molecular flexibility index (Phi) is 12.3. The molecule has 1 atom stereocenters. The van der Waals surface area contributed by atoms with Gasteiger partial charge in [0.2, 0.25) is 5.91 Å². The molecule has 2 aliphatic rings. The minimum absolute atomic E-state index is 0. The van der Waals surface area contributed by atoms with E-state index in [1.807, 2.05) is 13.8 Å². The number of piperidine rings is 1. The Morgan fingerprint density at radius 1 is 1.19 bits per heavy atom. The normalized spacial score (nSPS) is 21.7. The molecule has 0 radical (unpaired) electrons. The molecule has 2 saturated heterocycles. The highest BCUT2D eigenvalue weighted by molar-refractivity contribution is 14.0. The molecule has 2 aliphatic heterocycles. The van der Waals surface area contributed by atoms with Gasteiger partial charge in [-0.25, -0.2) is 0 Å². The number of carbonyl (C=O) groups excluding carboxylic acids is 1. The molecule has 2 heterocycles. The largest absolute Gasteiger partial charge is 0.376 e. The number of hydrogen-bond donors (Lipinski definition) is 2. The van der Waals surface area contributed by atoms with E-state index in [1.165, 1.54) is 12.8 Å². The Bertz CT molecular complexity index is 448. The van der Waals surface area contributed by atoms with Crippen molar-refractivity contribution in [3.63, 3.8) is 0 Å². The highest BCUT2D eigenvalue weighted by atomic mass is 127. The number of rotatable bonds is 7. The third-order valence-electron chi connectivity index (χ3n) is 4.98. The van der Waals surface area contributed by atoms with Gasteiger partial charge in [0.05, 0.1) is 18.8 Å². The number of nitrogens with one attached hydrogen (secondary N) is 2. The minimum Gasteiger partial charge on any atom is -0.376 e. The van der Waals surface area contributed by atoms with Gasteiger partial charge in [0, 0.05) is 45.8 Å². The summed E-state index contributed by atoms with van der Waals surface area (Å²) in [4.78, 5) is 18.2. The van der Waals surface area contributed by atoms with Gasteiger partial charge in [0.1, 0.15) is 0 Å². The zero-order chi connectivity index (χ0) is 18.8. The summed E-state index contributed by atoms with van der Waals surface area (Å²) in [5.41, 5.74) is 0. The second-order valence-corrected chi connectivity index (χ2v) is 7.43. The topological polar surface area (TPSA) is 75.2 Å². The van der Waals surface area contributed by atoms with Gasteiger partial charge < -0.3 is 25.0 Å². The lowest BCUT2D eigenvalue weighted by Gasteiger charge is -2.35. The van der Waals surface area contributed by atoms with Crippen LogP contribution < -0.4 is 10.6 Å². The van der Waals surface area contributed by atoms with E-state index in [2.05, 4.69) is 20.5 Å². The van der Waals surface area contributed by atoms with Crippen molar-refractivity contribution in [1.82, 2.24) is 15.5 Å². The predicted octanol–water partition coefficient (Wildman–Crippen LogP) is 2.00. The van der Waals surface area contributed by atoms with Gasteiger partial charge in [-0.15, -0.1) is 24.0 Å². The first kappa shape index (κ1) is 24.4. The summed E-state index contributed by atoms with van der Waals surface area (Å²) < 4.78 is 11.8. The summed E-state index contributed by atoms with van der Waals surface area (Å²) >= 11 is 0. The third-order valence-corrected chi connectivity index (χ3v) is 4.98. The molecule has 158 valence electrons. The zero-order valence-electron chi connectivity index (χ0n) is 17.0. The maximum atomic E-state index is 11.6. The second kappa shape index (κ2) is 13.5. The number of nitrogens with zero attached hydrogens (tertiary/aromatic N) is 2. The van der Waals surface area contributed by atoms with Gasteiger partial charge in [0.25, 0.3) is 0 Å². The van der Waals surface area contributed by atoms with Crippen molar-refractivity contribution >= 4 is 35.8 Å². The van der Waals surface area contributed by atoms with Crippen LogP contribution in [0, 0.1) is 5.92 Å². The Morgan fingerprint density at radius 3 is 2.48 bits per heavy atom. The first-order valence-corrected chi connectivity index (χ1v) is 10.1. The van der Waals surface area contributed by atoms with Gasteiger partial charge in [-0.1, -0.05) is 13.8 Å². The molecule has 2 fully saturated rings.